The van der Waals surface area contributed by atoms with E-state index in [-0.39, 0.29) is 18.4 Å². The molecule has 0 radical (unpaired) electrons. The Labute approximate surface area is 113 Å². The molecule has 1 heterocycles. The highest BCUT2D eigenvalue weighted by atomic mass is 16.2. The number of nitrogens with zero attached hydrogens (tertiary/aromatic N) is 1. The number of aromatic nitrogens is 1. The SMILES string of the molecule is CCCNc1cnccc1C(=O)NCC(=O)NCC. The number of carbonyl (C=O) groups excluding carboxylic acids is 2. The Morgan fingerprint density at radius 2 is 2.05 bits per heavy atom. The lowest BCUT2D eigenvalue weighted by molar-refractivity contribution is -0.120. The smallest absolute Gasteiger partial charge is 0.253 e. The molecule has 1 rings (SSSR count). The molecule has 0 bridgehead atoms. The lowest BCUT2D eigenvalue weighted by atomic mass is 10.2. The largest absolute Gasteiger partial charge is 0.383 e. The minimum Gasteiger partial charge on any atom is -0.383 e. The van der Waals surface area contributed by atoms with E-state index in [2.05, 4.69) is 20.9 Å². The van der Waals surface area contributed by atoms with E-state index < -0.39 is 0 Å². The Kier molecular flexibility index (Phi) is 6.35. The highest BCUT2D eigenvalue weighted by Gasteiger charge is 2.11. The summed E-state index contributed by atoms with van der Waals surface area (Å²) in [6, 6.07) is 1.63. The van der Waals surface area contributed by atoms with E-state index in [9.17, 15) is 9.59 Å². The molecule has 6 heteroatoms. The molecule has 0 aromatic carbocycles. The van der Waals surface area contributed by atoms with Crippen LogP contribution in [0.1, 0.15) is 30.6 Å². The Bertz CT molecular complexity index is 434. The topological polar surface area (TPSA) is 83.1 Å². The zero-order valence-electron chi connectivity index (χ0n) is 11.3. The minimum atomic E-state index is -0.285. The van der Waals surface area contributed by atoms with Crippen molar-refractivity contribution in [3.63, 3.8) is 0 Å². The third-order valence-corrected chi connectivity index (χ3v) is 2.41. The van der Waals surface area contributed by atoms with Gasteiger partial charge in [-0.2, -0.15) is 0 Å². The number of likely N-dealkylation sites (N-methyl/N-ethyl adjacent to an activating group) is 1. The maximum atomic E-state index is 12.0. The second-order valence-corrected chi connectivity index (χ2v) is 3.98. The van der Waals surface area contributed by atoms with Gasteiger partial charge in [-0.15, -0.1) is 0 Å². The maximum Gasteiger partial charge on any atom is 0.253 e. The van der Waals surface area contributed by atoms with E-state index in [1.807, 2.05) is 13.8 Å². The molecule has 1 aromatic heterocycles. The molecule has 0 saturated carbocycles. The van der Waals surface area contributed by atoms with Crippen molar-refractivity contribution in [2.45, 2.75) is 20.3 Å². The Hall–Kier alpha value is -2.11. The Morgan fingerprint density at radius 1 is 1.26 bits per heavy atom. The number of hydrogen-bond donors (Lipinski definition) is 3. The molecule has 6 nitrogen and oxygen atoms in total. The van der Waals surface area contributed by atoms with Crippen LogP contribution in [0.2, 0.25) is 0 Å². The average Bonchev–Trinajstić information content (AvgIpc) is 2.43. The summed E-state index contributed by atoms with van der Waals surface area (Å²) in [6.07, 6.45) is 4.11. The second-order valence-electron chi connectivity index (χ2n) is 3.98. The fourth-order valence-corrected chi connectivity index (χ4v) is 1.51. The quantitative estimate of drug-likeness (QED) is 0.679. The van der Waals surface area contributed by atoms with Gasteiger partial charge in [-0.3, -0.25) is 14.6 Å². The van der Waals surface area contributed by atoms with Crippen LogP contribution in [-0.4, -0.2) is 36.4 Å². The van der Waals surface area contributed by atoms with Crippen molar-refractivity contribution in [2.24, 2.45) is 0 Å². The van der Waals surface area contributed by atoms with Crippen molar-refractivity contribution in [1.29, 1.82) is 0 Å². The Morgan fingerprint density at radius 3 is 2.74 bits per heavy atom. The predicted molar refractivity (Wildman–Crippen MR) is 74.0 cm³/mol. The van der Waals surface area contributed by atoms with Gasteiger partial charge in [-0.05, 0) is 19.4 Å². The van der Waals surface area contributed by atoms with Crippen molar-refractivity contribution in [3.05, 3.63) is 24.0 Å². The van der Waals surface area contributed by atoms with Gasteiger partial charge >= 0.3 is 0 Å². The summed E-state index contributed by atoms with van der Waals surface area (Å²) < 4.78 is 0. The third-order valence-electron chi connectivity index (χ3n) is 2.41. The van der Waals surface area contributed by atoms with E-state index in [4.69, 9.17) is 0 Å². The lowest BCUT2D eigenvalue weighted by Crippen LogP contribution is -2.37. The van der Waals surface area contributed by atoms with Crippen molar-refractivity contribution < 1.29 is 9.59 Å². The van der Waals surface area contributed by atoms with Crippen LogP contribution in [0.4, 0.5) is 5.69 Å². The number of anilines is 1. The highest BCUT2D eigenvalue weighted by Crippen LogP contribution is 2.12. The van der Waals surface area contributed by atoms with Crippen LogP contribution >= 0.6 is 0 Å². The van der Waals surface area contributed by atoms with Gasteiger partial charge in [-0.1, -0.05) is 6.92 Å². The molecular formula is C13H20N4O2. The Balaban J connectivity index is 2.63. The fourth-order valence-electron chi connectivity index (χ4n) is 1.51. The van der Waals surface area contributed by atoms with E-state index in [1.54, 1.807) is 18.5 Å². The maximum absolute atomic E-state index is 12.0. The van der Waals surface area contributed by atoms with Crippen molar-refractivity contribution >= 4 is 17.5 Å². The van der Waals surface area contributed by atoms with Gasteiger partial charge in [0.05, 0.1) is 24.0 Å². The molecule has 0 aliphatic carbocycles. The first-order chi connectivity index (χ1) is 9.19. The summed E-state index contributed by atoms with van der Waals surface area (Å²) in [5.41, 5.74) is 1.17. The first-order valence-electron chi connectivity index (χ1n) is 6.41. The molecule has 1 aromatic rings. The number of nitrogens with one attached hydrogen (secondary N) is 3. The summed E-state index contributed by atoms with van der Waals surface area (Å²) >= 11 is 0. The summed E-state index contributed by atoms with van der Waals surface area (Å²) in [6.45, 7) is 5.16. The first kappa shape index (κ1) is 14.9. The molecule has 2 amide bonds. The minimum absolute atomic E-state index is 0.0256. The molecular weight excluding hydrogens is 244 g/mol. The zero-order valence-corrected chi connectivity index (χ0v) is 11.3. The molecule has 3 N–H and O–H groups in total. The van der Waals surface area contributed by atoms with Gasteiger partial charge in [0.2, 0.25) is 5.91 Å². The van der Waals surface area contributed by atoms with Crippen LogP contribution in [0.3, 0.4) is 0 Å². The van der Waals surface area contributed by atoms with Crippen LogP contribution < -0.4 is 16.0 Å². The molecule has 0 aliphatic rings. The van der Waals surface area contributed by atoms with E-state index >= 15 is 0 Å². The van der Waals surface area contributed by atoms with Crippen LogP contribution in [-0.2, 0) is 4.79 Å². The standard InChI is InChI=1S/C13H20N4O2/c1-3-6-16-11-8-14-7-5-10(11)13(19)17-9-12(18)15-4-2/h5,7-8,16H,3-4,6,9H2,1-2H3,(H,15,18)(H,17,19). The summed E-state index contributed by atoms with van der Waals surface area (Å²) in [7, 11) is 0. The third kappa shape index (κ3) is 4.95. The number of hydrogen-bond acceptors (Lipinski definition) is 4. The number of pyridine rings is 1. The molecule has 0 atom stereocenters. The zero-order chi connectivity index (χ0) is 14.1. The first-order valence-corrected chi connectivity index (χ1v) is 6.41. The monoisotopic (exact) mass is 264 g/mol. The second kappa shape index (κ2) is 8.07. The summed E-state index contributed by atoms with van der Waals surface area (Å²) in [4.78, 5) is 27.2. The van der Waals surface area contributed by atoms with E-state index in [0.29, 0.717) is 17.8 Å². The number of carbonyl (C=O) groups is 2. The number of amides is 2. The van der Waals surface area contributed by atoms with E-state index in [0.717, 1.165) is 13.0 Å². The van der Waals surface area contributed by atoms with Crippen LogP contribution in [0.25, 0.3) is 0 Å². The van der Waals surface area contributed by atoms with Crippen LogP contribution in [0.5, 0.6) is 0 Å². The molecule has 0 saturated heterocycles. The molecule has 19 heavy (non-hydrogen) atoms. The van der Waals surface area contributed by atoms with Gasteiger partial charge in [0.1, 0.15) is 0 Å². The molecule has 0 aliphatic heterocycles. The summed E-state index contributed by atoms with van der Waals surface area (Å²) in [5.74, 6) is -0.486. The van der Waals surface area contributed by atoms with Crippen molar-refractivity contribution in [1.82, 2.24) is 15.6 Å². The van der Waals surface area contributed by atoms with Gasteiger partial charge in [-0.25, -0.2) is 0 Å². The summed E-state index contributed by atoms with van der Waals surface area (Å²) in [5, 5.41) is 8.33. The predicted octanol–water partition coefficient (Wildman–Crippen LogP) is 0.769. The highest BCUT2D eigenvalue weighted by molar-refractivity contribution is 6.00. The fraction of sp³-hybridized carbons (Fsp3) is 0.462. The van der Waals surface area contributed by atoms with Gasteiger partial charge in [0.25, 0.3) is 5.91 Å². The molecule has 0 spiro atoms. The van der Waals surface area contributed by atoms with Crippen LogP contribution in [0, 0.1) is 0 Å². The molecule has 104 valence electrons. The van der Waals surface area contributed by atoms with Crippen molar-refractivity contribution in [2.75, 3.05) is 25.0 Å². The van der Waals surface area contributed by atoms with Crippen molar-refractivity contribution in [3.8, 4) is 0 Å². The molecule has 0 unspecified atom stereocenters. The lowest BCUT2D eigenvalue weighted by Gasteiger charge is -2.10. The van der Waals surface area contributed by atoms with Gasteiger partial charge in [0, 0.05) is 19.3 Å². The molecule has 0 fully saturated rings. The van der Waals surface area contributed by atoms with Gasteiger partial charge in [0.15, 0.2) is 0 Å². The number of rotatable bonds is 7. The van der Waals surface area contributed by atoms with Gasteiger partial charge < -0.3 is 16.0 Å². The average molecular weight is 264 g/mol. The normalized spacial score (nSPS) is 9.79. The van der Waals surface area contributed by atoms with E-state index in [1.165, 1.54) is 0 Å². The van der Waals surface area contributed by atoms with Crippen LogP contribution in [0.15, 0.2) is 18.5 Å².